The normalized spacial score (nSPS) is 20.5. The largest absolute Gasteiger partial charge is 0.494 e. The van der Waals surface area contributed by atoms with Crippen molar-refractivity contribution in [3.8, 4) is 5.75 Å². The van der Waals surface area contributed by atoms with Gasteiger partial charge in [-0.15, -0.1) is 0 Å². The van der Waals surface area contributed by atoms with Gasteiger partial charge in [-0.3, -0.25) is 9.59 Å². The van der Waals surface area contributed by atoms with Gasteiger partial charge < -0.3 is 14.7 Å². The van der Waals surface area contributed by atoms with Crippen molar-refractivity contribution in [1.82, 2.24) is 4.90 Å². The van der Waals surface area contributed by atoms with Crippen LogP contribution in [0, 0.1) is 18.8 Å². The van der Waals surface area contributed by atoms with Crippen molar-refractivity contribution >= 4 is 11.9 Å². The van der Waals surface area contributed by atoms with Gasteiger partial charge in [0.2, 0.25) is 5.91 Å². The summed E-state index contributed by atoms with van der Waals surface area (Å²) < 4.78 is 5.66. The molecule has 0 aliphatic carbocycles. The number of carboxylic acids is 1. The summed E-state index contributed by atoms with van der Waals surface area (Å²) in [5.41, 5.74) is 1.16. The number of nitrogens with zero attached hydrogens (tertiary/aromatic N) is 1. The number of amides is 1. The Morgan fingerprint density at radius 1 is 1.30 bits per heavy atom. The summed E-state index contributed by atoms with van der Waals surface area (Å²) in [5.74, 6) is -0.297. The molecular weight excluding hydrogens is 294 g/mol. The molecule has 2 atom stereocenters. The molecule has 0 saturated carbocycles. The van der Waals surface area contributed by atoms with Crippen LogP contribution in [0.15, 0.2) is 24.3 Å². The smallest absolute Gasteiger partial charge is 0.308 e. The Morgan fingerprint density at radius 2 is 2.09 bits per heavy atom. The molecule has 23 heavy (non-hydrogen) atoms. The molecule has 5 heteroatoms. The van der Waals surface area contributed by atoms with Gasteiger partial charge in [0, 0.05) is 19.5 Å². The molecule has 1 N–H and O–H groups in total. The van der Waals surface area contributed by atoms with Gasteiger partial charge in [0.05, 0.1) is 12.5 Å². The minimum atomic E-state index is -0.806. The van der Waals surface area contributed by atoms with Crippen LogP contribution in [0.3, 0.4) is 0 Å². The maximum Gasteiger partial charge on any atom is 0.308 e. The van der Waals surface area contributed by atoms with Crippen molar-refractivity contribution in [2.75, 3.05) is 19.7 Å². The van der Waals surface area contributed by atoms with Gasteiger partial charge in [0.15, 0.2) is 0 Å². The molecule has 0 unspecified atom stereocenters. The third kappa shape index (κ3) is 4.98. The summed E-state index contributed by atoms with van der Waals surface area (Å²) in [5, 5.41) is 9.10. The summed E-state index contributed by atoms with van der Waals surface area (Å²) in [4.78, 5) is 24.9. The first-order valence-electron chi connectivity index (χ1n) is 8.17. The third-order valence-corrected chi connectivity index (χ3v) is 4.33. The zero-order valence-corrected chi connectivity index (χ0v) is 13.8. The molecule has 0 spiro atoms. The molecular formula is C18H25NO4. The molecule has 1 heterocycles. The predicted molar refractivity (Wildman–Crippen MR) is 87.4 cm³/mol. The molecule has 0 aromatic heterocycles. The van der Waals surface area contributed by atoms with E-state index >= 15 is 0 Å². The van der Waals surface area contributed by atoms with Gasteiger partial charge in [-0.25, -0.2) is 0 Å². The topological polar surface area (TPSA) is 66.8 Å². The standard InChI is InChI=1S/C18H25NO4/c1-13-6-5-7-15(10-13)23-9-4-3-8-17(20)19-11-14(2)16(12-19)18(21)22/h5-7,10,14,16H,3-4,8-9,11-12H2,1-2H3,(H,21,22)/t14-,16-/m1/s1. The Hall–Kier alpha value is -2.04. The number of carboxylic acid groups (broad SMARTS) is 1. The summed E-state index contributed by atoms with van der Waals surface area (Å²) in [6.45, 7) is 5.39. The molecule has 0 bridgehead atoms. The number of hydrogen-bond acceptors (Lipinski definition) is 3. The first kappa shape index (κ1) is 17.3. The van der Waals surface area contributed by atoms with Crippen LogP contribution in [0.25, 0.3) is 0 Å². The Balaban J connectivity index is 1.65. The number of unbranched alkanes of at least 4 members (excludes halogenated alkanes) is 1. The van der Waals surface area contributed by atoms with E-state index in [1.54, 1.807) is 4.90 Å². The van der Waals surface area contributed by atoms with Crippen molar-refractivity contribution in [3.63, 3.8) is 0 Å². The highest BCUT2D eigenvalue weighted by molar-refractivity contribution is 5.78. The van der Waals surface area contributed by atoms with E-state index in [1.807, 2.05) is 38.1 Å². The lowest BCUT2D eigenvalue weighted by molar-refractivity contribution is -0.142. The fourth-order valence-electron chi connectivity index (χ4n) is 2.92. The maximum atomic E-state index is 12.1. The summed E-state index contributed by atoms with van der Waals surface area (Å²) in [7, 11) is 0. The second kappa shape index (κ2) is 7.99. The molecule has 2 rings (SSSR count). The van der Waals surface area contributed by atoms with E-state index in [0.29, 0.717) is 26.1 Å². The van der Waals surface area contributed by atoms with Gasteiger partial charge in [-0.1, -0.05) is 19.1 Å². The van der Waals surface area contributed by atoms with Crippen LogP contribution in [0.2, 0.25) is 0 Å². The number of benzene rings is 1. The molecule has 1 amide bonds. The van der Waals surface area contributed by atoms with Gasteiger partial charge in [-0.05, 0) is 43.4 Å². The number of ether oxygens (including phenoxy) is 1. The van der Waals surface area contributed by atoms with Crippen LogP contribution in [-0.2, 0) is 9.59 Å². The van der Waals surface area contributed by atoms with Gasteiger partial charge in [0.25, 0.3) is 0 Å². The predicted octanol–water partition coefficient (Wildman–Crippen LogP) is 2.72. The van der Waals surface area contributed by atoms with Crippen LogP contribution in [-0.4, -0.2) is 41.6 Å². The van der Waals surface area contributed by atoms with E-state index in [0.717, 1.165) is 24.2 Å². The maximum absolute atomic E-state index is 12.1. The fraction of sp³-hybridized carbons (Fsp3) is 0.556. The highest BCUT2D eigenvalue weighted by atomic mass is 16.5. The Bertz CT molecular complexity index is 558. The Kier molecular flexibility index (Phi) is 6.02. The van der Waals surface area contributed by atoms with Crippen molar-refractivity contribution in [2.24, 2.45) is 11.8 Å². The lowest BCUT2D eigenvalue weighted by atomic mass is 9.99. The fourth-order valence-corrected chi connectivity index (χ4v) is 2.92. The zero-order valence-electron chi connectivity index (χ0n) is 13.8. The summed E-state index contributed by atoms with van der Waals surface area (Å²) in [6.07, 6.45) is 2.02. The Morgan fingerprint density at radius 3 is 2.74 bits per heavy atom. The molecule has 0 radical (unpaired) electrons. The number of likely N-dealkylation sites (tertiary alicyclic amines) is 1. The van der Waals surface area contributed by atoms with Crippen LogP contribution in [0.1, 0.15) is 31.7 Å². The van der Waals surface area contributed by atoms with Crippen molar-refractivity contribution in [1.29, 1.82) is 0 Å². The molecule has 126 valence electrons. The van der Waals surface area contributed by atoms with E-state index in [4.69, 9.17) is 9.84 Å². The van der Waals surface area contributed by atoms with Gasteiger partial charge >= 0.3 is 5.97 Å². The minimum Gasteiger partial charge on any atom is -0.494 e. The van der Waals surface area contributed by atoms with Crippen molar-refractivity contribution < 1.29 is 19.4 Å². The number of aryl methyl sites for hydroxylation is 1. The first-order valence-corrected chi connectivity index (χ1v) is 8.17. The highest BCUT2D eigenvalue weighted by Gasteiger charge is 2.36. The molecule has 1 saturated heterocycles. The second-order valence-electron chi connectivity index (χ2n) is 6.34. The van der Waals surface area contributed by atoms with Crippen LogP contribution in [0.4, 0.5) is 0 Å². The van der Waals surface area contributed by atoms with E-state index < -0.39 is 11.9 Å². The number of aliphatic carboxylic acids is 1. The average molecular weight is 319 g/mol. The van der Waals surface area contributed by atoms with Crippen molar-refractivity contribution in [3.05, 3.63) is 29.8 Å². The highest BCUT2D eigenvalue weighted by Crippen LogP contribution is 2.24. The molecule has 1 aromatic rings. The van der Waals surface area contributed by atoms with Crippen LogP contribution in [0.5, 0.6) is 5.75 Å². The Labute approximate surface area is 137 Å². The zero-order chi connectivity index (χ0) is 16.8. The van der Waals surface area contributed by atoms with Crippen molar-refractivity contribution in [2.45, 2.75) is 33.1 Å². The van der Waals surface area contributed by atoms with E-state index in [2.05, 4.69) is 0 Å². The van der Waals surface area contributed by atoms with Crippen LogP contribution < -0.4 is 4.74 Å². The van der Waals surface area contributed by atoms with E-state index in [1.165, 1.54) is 0 Å². The number of rotatable bonds is 7. The third-order valence-electron chi connectivity index (χ3n) is 4.33. The molecule has 1 aliphatic rings. The SMILES string of the molecule is Cc1cccc(OCCCCC(=O)N2C[C@@H](C)[C@H](C(=O)O)C2)c1. The minimum absolute atomic E-state index is 0.0288. The van der Waals surface area contributed by atoms with E-state index in [9.17, 15) is 9.59 Å². The second-order valence-corrected chi connectivity index (χ2v) is 6.34. The lowest BCUT2D eigenvalue weighted by Crippen LogP contribution is -2.29. The number of carbonyl (C=O) groups excluding carboxylic acids is 1. The number of hydrogen-bond donors (Lipinski definition) is 1. The lowest BCUT2D eigenvalue weighted by Gasteiger charge is -2.15. The average Bonchev–Trinajstić information content (AvgIpc) is 2.89. The first-order chi connectivity index (χ1) is 11.0. The quantitative estimate of drug-likeness (QED) is 0.785. The molecule has 1 aliphatic heterocycles. The van der Waals surface area contributed by atoms with E-state index in [-0.39, 0.29) is 11.8 Å². The summed E-state index contributed by atoms with van der Waals surface area (Å²) in [6, 6.07) is 7.90. The van der Waals surface area contributed by atoms with Gasteiger partial charge in [0.1, 0.15) is 5.75 Å². The van der Waals surface area contributed by atoms with Gasteiger partial charge in [-0.2, -0.15) is 0 Å². The molecule has 1 fully saturated rings. The molecule has 1 aromatic carbocycles. The summed E-state index contributed by atoms with van der Waals surface area (Å²) >= 11 is 0. The van der Waals surface area contributed by atoms with Crippen LogP contribution >= 0.6 is 0 Å². The number of carbonyl (C=O) groups is 2. The molecule has 5 nitrogen and oxygen atoms in total. The monoisotopic (exact) mass is 319 g/mol.